The molecule has 0 spiro atoms. The summed E-state index contributed by atoms with van der Waals surface area (Å²) in [4.78, 5) is 64.9. The zero-order chi connectivity index (χ0) is 54.5. The molecule has 436 valence electrons. The molecule has 0 heterocycles. The first-order valence-corrected chi connectivity index (χ1v) is 30.0. The Bertz CT molecular complexity index is 1510. The predicted molar refractivity (Wildman–Crippen MR) is 264 cm³/mol. The van der Waals surface area contributed by atoms with Crippen LogP contribution in [0.3, 0.4) is 0 Å². The van der Waals surface area contributed by atoms with Gasteiger partial charge in [0.2, 0.25) is 11.8 Å². The highest BCUT2D eigenvalue weighted by molar-refractivity contribution is 14.1. The van der Waals surface area contributed by atoms with Crippen LogP contribution in [0.4, 0.5) is 0 Å². The largest absolute Gasteiger partial charge is 0.481 e. The van der Waals surface area contributed by atoms with Crippen LogP contribution in [0.25, 0.3) is 0 Å². The first-order valence-electron chi connectivity index (χ1n) is 23.2. The van der Waals surface area contributed by atoms with Gasteiger partial charge in [0.1, 0.15) is 29.1 Å². The first-order chi connectivity index (χ1) is 34.8. The third-order valence-corrected chi connectivity index (χ3v) is 14.0. The number of carbonyl (C=O) groups is 2. The topological polar surface area (TPSA) is 410 Å². The number of phosphoric ester groups is 4. The molecule has 31 nitrogen and oxygen atoms in total. The molecule has 0 saturated heterocycles. The van der Waals surface area contributed by atoms with E-state index in [2.05, 4.69) is 28.6 Å². The summed E-state index contributed by atoms with van der Waals surface area (Å²) < 4.78 is 125. The molecule has 0 aliphatic carbocycles. The van der Waals surface area contributed by atoms with Crippen LogP contribution < -0.4 is 21.3 Å². The number of nitrogens with one attached hydrogen (secondary N) is 4. The van der Waals surface area contributed by atoms with Crippen LogP contribution in [-0.2, 0) is 95.5 Å². The first kappa shape index (κ1) is 72.7. The molecular weight excluding hydrogens is 1180 g/mol. The average molecular weight is 1260 g/mol. The van der Waals surface area contributed by atoms with Crippen molar-refractivity contribution in [2.75, 3.05) is 160 Å². The van der Waals surface area contributed by atoms with E-state index in [9.17, 15) is 52.7 Å². The highest BCUT2D eigenvalue weighted by atomic mass is 127. The number of carbonyl (C=O) groups excluding carboxylic acids is 2. The lowest BCUT2D eigenvalue weighted by molar-refractivity contribution is -0.121. The summed E-state index contributed by atoms with van der Waals surface area (Å²) in [6.07, 6.45) is -2.54. The maximum atomic E-state index is 12.9. The molecule has 0 rings (SSSR count). The third-order valence-electron chi connectivity index (χ3n) is 8.61. The normalized spacial score (nSPS) is 16.5. The number of hydrogen-bond donors (Lipinski definition) is 10. The van der Waals surface area contributed by atoms with Crippen LogP contribution in [0.5, 0.6) is 0 Å². The Morgan fingerprint density at radius 2 is 0.753 bits per heavy atom. The maximum absolute atomic E-state index is 12.9. The number of aliphatic hydroxyl groups excluding tert-OH is 2. The standard InChI is InChI=1S/C37H79IN4O27P4/c1-39-31-60-13-9-33(29-43)66-70(47,48)62-11-5-3-7-36(45)41-27-35(28-42-37(46)8-4-6-12-63-71(49,50)67-34(30-44)10-14-61-32-40-2)68-72(51,52)64-25-23-58-21-19-56-17-15-55-16-18-57-20-22-59-24-26-65-73(53,54)69-38/h33-35,39-40,43-44H,3-32H2,1-2H3,(H,41,45)(H,42,46)(H,47,48)(H,49,50)(H,51,52)(H,53,54). The van der Waals surface area contributed by atoms with Crippen molar-refractivity contribution in [1.82, 2.24) is 21.3 Å². The third kappa shape index (κ3) is 47.4. The van der Waals surface area contributed by atoms with Gasteiger partial charge >= 0.3 is 31.3 Å². The minimum absolute atomic E-state index is 0.0807. The highest BCUT2D eigenvalue weighted by Crippen LogP contribution is 2.47. The Balaban J connectivity index is 4.79. The fourth-order valence-corrected chi connectivity index (χ4v) is 8.64. The number of rotatable bonds is 55. The van der Waals surface area contributed by atoms with E-state index in [1.807, 2.05) is 0 Å². The van der Waals surface area contributed by atoms with Gasteiger partial charge in [0.05, 0.1) is 145 Å². The van der Waals surface area contributed by atoms with Crippen LogP contribution in [-0.4, -0.2) is 219 Å². The summed E-state index contributed by atoms with van der Waals surface area (Å²) in [7, 11) is -14.6. The predicted octanol–water partition coefficient (Wildman–Crippen LogP) is 0.784. The summed E-state index contributed by atoms with van der Waals surface area (Å²) in [6, 6.07) is 0. The summed E-state index contributed by atoms with van der Waals surface area (Å²) in [6.45, 7) is -0.150. The molecular formula is C37H79IN4O27P4. The van der Waals surface area contributed by atoms with Crippen molar-refractivity contribution >= 4 is 66.1 Å². The Labute approximate surface area is 440 Å². The lowest BCUT2D eigenvalue weighted by atomic mass is 10.2. The Kier molecular flexibility index (Phi) is 46.4. The molecule has 0 fully saturated rings. The molecule has 36 heteroatoms. The van der Waals surface area contributed by atoms with E-state index in [0.717, 1.165) is 0 Å². The quantitative estimate of drug-likeness (QED) is 0.0174. The molecule has 6 unspecified atom stereocenters. The fraction of sp³-hybridized carbons (Fsp3) is 0.946. The van der Waals surface area contributed by atoms with Crippen molar-refractivity contribution in [3.8, 4) is 0 Å². The summed E-state index contributed by atoms with van der Waals surface area (Å²) >= 11 is 1.27. The Hall–Kier alpha value is -0.330. The van der Waals surface area contributed by atoms with E-state index >= 15 is 0 Å². The number of aliphatic hydroxyl groups is 2. The van der Waals surface area contributed by atoms with Gasteiger partial charge in [-0.25, -0.2) is 21.1 Å². The van der Waals surface area contributed by atoms with Crippen LogP contribution in [0.15, 0.2) is 0 Å². The number of ether oxygens (including phenoxy) is 7. The van der Waals surface area contributed by atoms with Crippen molar-refractivity contribution in [3.63, 3.8) is 0 Å². The van der Waals surface area contributed by atoms with Gasteiger partial charge in [-0.1, -0.05) is 0 Å². The SMILES string of the molecule is CNCOCCC(CO)OP(=O)(O)OCCCCC(=O)NCC(CNC(=O)CCCCOP(=O)(O)OC(CO)CCOCNC)OP(=O)(O)OCCOCCOCCOCCOCCOCCOP(=O)(O)OI. The lowest BCUT2D eigenvalue weighted by Gasteiger charge is -2.22. The van der Waals surface area contributed by atoms with E-state index in [1.54, 1.807) is 14.1 Å². The molecule has 0 bridgehead atoms. The van der Waals surface area contributed by atoms with Crippen molar-refractivity contribution in [2.45, 2.75) is 69.7 Å². The van der Waals surface area contributed by atoms with Gasteiger partial charge in [-0.3, -0.25) is 51.9 Å². The number of phosphoric acid groups is 4. The molecule has 73 heavy (non-hydrogen) atoms. The summed E-state index contributed by atoms with van der Waals surface area (Å²) in [5.74, 6) is -1.06. The highest BCUT2D eigenvalue weighted by Gasteiger charge is 2.29. The molecule has 6 atom stereocenters. The van der Waals surface area contributed by atoms with E-state index in [-0.39, 0.29) is 170 Å². The van der Waals surface area contributed by atoms with Crippen LogP contribution >= 0.6 is 54.3 Å². The van der Waals surface area contributed by atoms with Gasteiger partial charge in [-0.15, -0.1) is 0 Å². The van der Waals surface area contributed by atoms with Gasteiger partial charge in [0.25, 0.3) is 0 Å². The van der Waals surface area contributed by atoms with Crippen LogP contribution in [0, 0.1) is 0 Å². The Morgan fingerprint density at radius 3 is 1.08 bits per heavy atom. The van der Waals surface area contributed by atoms with Crippen molar-refractivity contribution < 1.29 is 125 Å². The van der Waals surface area contributed by atoms with Gasteiger partial charge in [0.15, 0.2) is 0 Å². The molecule has 0 radical (unpaired) electrons. The van der Waals surface area contributed by atoms with E-state index in [4.69, 9.17) is 65.2 Å². The molecule has 0 aromatic rings. The molecule has 0 aliphatic heterocycles. The zero-order valence-corrected chi connectivity index (χ0v) is 47.1. The maximum Gasteiger partial charge on any atom is 0.481 e. The second-order valence-electron chi connectivity index (χ2n) is 14.8. The smallest absolute Gasteiger partial charge is 0.394 e. The minimum Gasteiger partial charge on any atom is -0.394 e. The monoisotopic (exact) mass is 1260 g/mol. The van der Waals surface area contributed by atoms with Crippen LogP contribution in [0.2, 0.25) is 0 Å². The van der Waals surface area contributed by atoms with E-state index < -0.39 is 74.6 Å². The number of unbranched alkanes of at least 4 members (excludes halogenated alkanes) is 2. The Morgan fingerprint density at radius 1 is 0.438 bits per heavy atom. The van der Waals surface area contributed by atoms with Crippen molar-refractivity contribution in [1.29, 1.82) is 0 Å². The molecule has 0 aliphatic rings. The minimum atomic E-state index is -4.79. The van der Waals surface area contributed by atoms with Gasteiger partial charge in [-0.2, -0.15) is 0 Å². The number of hydrogen-bond acceptors (Lipinski definition) is 25. The van der Waals surface area contributed by atoms with Gasteiger partial charge < -0.3 is 73.6 Å². The molecule has 0 saturated carbocycles. The summed E-state index contributed by atoms with van der Waals surface area (Å²) in [5, 5.41) is 29.5. The van der Waals surface area contributed by atoms with Crippen molar-refractivity contribution in [2.24, 2.45) is 0 Å². The second-order valence-corrected chi connectivity index (χ2v) is 21.5. The number of halogens is 1. The zero-order valence-electron chi connectivity index (χ0n) is 41.4. The van der Waals surface area contributed by atoms with Gasteiger partial charge in [0, 0.05) is 25.9 Å². The van der Waals surface area contributed by atoms with Gasteiger partial charge in [-0.05, 0) is 52.6 Å². The molecule has 0 aromatic carbocycles. The molecule has 2 amide bonds. The van der Waals surface area contributed by atoms with Crippen LogP contribution in [0.1, 0.15) is 51.4 Å². The van der Waals surface area contributed by atoms with Crippen molar-refractivity contribution in [3.05, 3.63) is 0 Å². The van der Waals surface area contributed by atoms with E-state index in [1.165, 1.54) is 23.0 Å². The second kappa shape index (κ2) is 46.6. The van der Waals surface area contributed by atoms with E-state index in [0.29, 0.717) is 13.2 Å². The molecule has 0 aromatic heterocycles. The lowest BCUT2D eigenvalue weighted by Crippen LogP contribution is -2.41. The summed E-state index contributed by atoms with van der Waals surface area (Å²) in [5.41, 5.74) is 0. The molecule has 10 N–H and O–H groups in total. The fourth-order valence-electron chi connectivity index (χ4n) is 5.13. The average Bonchev–Trinajstić information content (AvgIpc) is 3.34. The number of amides is 2.